The van der Waals surface area contributed by atoms with Gasteiger partial charge in [0, 0.05) is 0 Å². The van der Waals surface area contributed by atoms with E-state index in [9.17, 15) is 0 Å². The molecule has 0 amide bonds. The Hall–Kier alpha value is -0.180. The van der Waals surface area contributed by atoms with Gasteiger partial charge in [-0.3, -0.25) is 0 Å². The van der Waals surface area contributed by atoms with Gasteiger partial charge in [-0.15, -0.1) is 0 Å². The van der Waals surface area contributed by atoms with E-state index in [4.69, 9.17) is 5.11 Å². The monoisotopic (exact) mass is 166 g/mol. The summed E-state index contributed by atoms with van der Waals surface area (Å²) in [6.45, 7) is 1.69. The maximum Gasteiger partial charge on any atom is 0.286 e. The molecule has 0 aliphatic rings. The van der Waals surface area contributed by atoms with Crippen molar-refractivity contribution in [1.29, 1.82) is 0 Å². The molecule has 0 radical (unpaired) electrons. The molecule has 3 heteroatoms. The van der Waals surface area contributed by atoms with Gasteiger partial charge < -0.3 is 9.84 Å². The number of hydrogen-bond acceptors (Lipinski definition) is 2. The van der Waals surface area contributed by atoms with E-state index >= 15 is 0 Å². The number of aliphatic hydroxyl groups excluding tert-OH is 1. The van der Waals surface area contributed by atoms with Crippen LogP contribution in [-0.4, -0.2) is 12.2 Å². The lowest BCUT2D eigenvalue weighted by Crippen LogP contribution is -1.83. The molecule has 0 rings (SSSR count). The average Bonchev–Trinajstić information content (AvgIpc) is 1.65. The Kier molecular flexibility index (Phi) is 2.83. The molecule has 0 bridgehead atoms. The summed E-state index contributed by atoms with van der Waals surface area (Å²) in [6.07, 6.45) is 0. The predicted molar refractivity (Wildman–Crippen MR) is 31.3 cm³/mol. The molecule has 1 N–H and O–H groups in total. The first-order chi connectivity index (χ1) is 3.18. The Morgan fingerprint density at radius 3 is 2.14 bits per heavy atom. The lowest BCUT2D eigenvalue weighted by Gasteiger charge is -1.94. The molecule has 0 aliphatic carbocycles. The summed E-state index contributed by atoms with van der Waals surface area (Å²) in [5.74, 6) is -0.0694. The summed E-state index contributed by atoms with van der Waals surface area (Å²) in [7, 11) is 1.40. The van der Waals surface area contributed by atoms with Gasteiger partial charge in [-0.05, 0) is 22.9 Å². The quantitative estimate of drug-likeness (QED) is 0.603. The van der Waals surface area contributed by atoms with Crippen LogP contribution < -0.4 is 0 Å². The number of methoxy groups -OCH3 is 1. The van der Waals surface area contributed by atoms with E-state index in [0.717, 1.165) is 0 Å². The topological polar surface area (TPSA) is 29.5 Å². The van der Waals surface area contributed by atoms with Crippen molar-refractivity contribution in [1.82, 2.24) is 0 Å². The molecule has 0 aromatic heterocycles. The van der Waals surface area contributed by atoms with Crippen molar-refractivity contribution in [3.8, 4) is 0 Å². The van der Waals surface area contributed by atoms with Gasteiger partial charge in [0.15, 0.2) is 0 Å². The van der Waals surface area contributed by atoms with Crippen LogP contribution in [0.5, 0.6) is 0 Å². The zero-order chi connectivity index (χ0) is 5.86. The molecule has 2 nitrogen and oxygen atoms in total. The summed E-state index contributed by atoms with van der Waals surface area (Å²) < 4.78 is 5.01. The third-order valence-corrected chi connectivity index (χ3v) is 0.827. The van der Waals surface area contributed by atoms with Gasteiger partial charge in [-0.1, -0.05) is 0 Å². The third-order valence-electron chi connectivity index (χ3n) is 0.488. The van der Waals surface area contributed by atoms with Crippen LogP contribution >= 0.6 is 15.9 Å². The lowest BCUT2D eigenvalue weighted by atomic mass is 10.7. The van der Waals surface area contributed by atoms with Crippen molar-refractivity contribution < 1.29 is 9.84 Å². The second kappa shape index (κ2) is 2.91. The maximum atomic E-state index is 8.55. The Bertz CT molecular complexity index is 83.7. The van der Waals surface area contributed by atoms with Crippen molar-refractivity contribution >= 4 is 15.9 Å². The minimum Gasteiger partial charge on any atom is -0.480 e. The maximum absolute atomic E-state index is 8.55. The molecule has 0 saturated heterocycles. The molecule has 42 valence electrons. The average molecular weight is 167 g/mol. The minimum atomic E-state index is -0.0694. The molecule has 0 aromatic rings. The van der Waals surface area contributed by atoms with E-state index in [1.165, 1.54) is 7.11 Å². The first-order valence-corrected chi connectivity index (χ1v) is 2.57. The van der Waals surface area contributed by atoms with Crippen molar-refractivity contribution in [2.45, 2.75) is 6.92 Å². The van der Waals surface area contributed by atoms with Crippen LogP contribution in [0.15, 0.2) is 10.4 Å². The molecule has 0 unspecified atom stereocenters. The fourth-order valence-electron chi connectivity index (χ4n) is 0.141. The number of aliphatic hydroxyl groups is 1. The number of allylic oxidation sites excluding steroid dienone is 1. The normalized spacial score (nSPS) is 13.0. The van der Waals surface area contributed by atoms with Crippen LogP contribution in [0.25, 0.3) is 0 Å². The fourth-order valence-corrected chi connectivity index (χ4v) is 0.303. The van der Waals surface area contributed by atoms with Crippen molar-refractivity contribution in [2.75, 3.05) is 7.11 Å². The molecular formula is C4H7BrO2. The van der Waals surface area contributed by atoms with Crippen molar-refractivity contribution in [3.05, 3.63) is 10.4 Å². The van der Waals surface area contributed by atoms with Crippen LogP contribution in [0.2, 0.25) is 0 Å². The Labute approximate surface area is 50.9 Å². The van der Waals surface area contributed by atoms with Crippen LogP contribution in [-0.2, 0) is 4.74 Å². The molecule has 0 atom stereocenters. The largest absolute Gasteiger partial charge is 0.480 e. The van der Waals surface area contributed by atoms with Gasteiger partial charge >= 0.3 is 0 Å². The highest BCUT2D eigenvalue weighted by molar-refractivity contribution is 9.11. The highest BCUT2D eigenvalue weighted by Crippen LogP contribution is 2.06. The second-order valence-corrected chi connectivity index (χ2v) is 2.23. The van der Waals surface area contributed by atoms with Crippen LogP contribution in [0, 0.1) is 0 Å². The standard InChI is InChI=1S/C4H7BrO2/c1-3(5)4(6)7-2/h6H,1-2H3/b4-3-. The summed E-state index contributed by atoms with van der Waals surface area (Å²) >= 11 is 3.00. The highest BCUT2D eigenvalue weighted by atomic mass is 79.9. The lowest BCUT2D eigenvalue weighted by molar-refractivity contribution is 0.134. The molecule has 7 heavy (non-hydrogen) atoms. The van der Waals surface area contributed by atoms with Crippen LogP contribution in [0.4, 0.5) is 0 Å². The minimum absolute atomic E-state index is 0.0694. The number of halogens is 1. The Balaban J connectivity index is 3.72. The van der Waals surface area contributed by atoms with E-state index < -0.39 is 0 Å². The van der Waals surface area contributed by atoms with Gasteiger partial charge in [0.2, 0.25) is 0 Å². The summed E-state index contributed by atoms with van der Waals surface area (Å²) in [4.78, 5) is 0. The molecule has 0 saturated carbocycles. The summed E-state index contributed by atoms with van der Waals surface area (Å²) in [6, 6.07) is 0. The van der Waals surface area contributed by atoms with Gasteiger partial charge in [0.1, 0.15) is 0 Å². The van der Waals surface area contributed by atoms with E-state index in [0.29, 0.717) is 4.48 Å². The molecule has 0 aliphatic heterocycles. The smallest absolute Gasteiger partial charge is 0.286 e. The highest BCUT2D eigenvalue weighted by Gasteiger charge is 1.90. The van der Waals surface area contributed by atoms with E-state index in [-0.39, 0.29) is 5.95 Å². The van der Waals surface area contributed by atoms with Gasteiger partial charge in [0.25, 0.3) is 5.95 Å². The zero-order valence-electron chi connectivity index (χ0n) is 4.23. The number of hydrogen-bond donors (Lipinski definition) is 1. The van der Waals surface area contributed by atoms with E-state index in [2.05, 4.69) is 20.7 Å². The van der Waals surface area contributed by atoms with Crippen LogP contribution in [0.1, 0.15) is 6.92 Å². The van der Waals surface area contributed by atoms with Gasteiger partial charge in [0.05, 0.1) is 11.6 Å². The first kappa shape index (κ1) is 6.82. The third kappa shape index (κ3) is 2.51. The van der Waals surface area contributed by atoms with Crippen molar-refractivity contribution in [2.24, 2.45) is 0 Å². The van der Waals surface area contributed by atoms with Gasteiger partial charge in [-0.2, -0.15) is 0 Å². The molecular weight excluding hydrogens is 160 g/mol. The fraction of sp³-hybridized carbons (Fsp3) is 0.500. The predicted octanol–water partition coefficient (Wildman–Crippen LogP) is 1.77. The molecule has 0 spiro atoms. The Morgan fingerprint density at radius 2 is 2.14 bits per heavy atom. The summed E-state index contributed by atoms with van der Waals surface area (Å²) in [5.41, 5.74) is 0. The number of ether oxygens (including phenoxy) is 1. The number of rotatable bonds is 1. The molecule has 0 fully saturated rings. The molecule has 0 aromatic carbocycles. The van der Waals surface area contributed by atoms with E-state index in [1.54, 1.807) is 6.92 Å². The zero-order valence-corrected chi connectivity index (χ0v) is 5.82. The SMILES string of the molecule is CO/C(O)=C(/C)Br. The van der Waals surface area contributed by atoms with Crippen molar-refractivity contribution in [3.63, 3.8) is 0 Å². The van der Waals surface area contributed by atoms with Crippen LogP contribution in [0.3, 0.4) is 0 Å². The Morgan fingerprint density at radius 1 is 1.71 bits per heavy atom. The first-order valence-electron chi connectivity index (χ1n) is 1.77. The summed E-state index contributed by atoms with van der Waals surface area (Å²) in [5, 5.41) is 8.55. The van der Waals surface area contributed by atoms with E-state index in [1.807, 2.05) is 0 Å². The second-order valence-electron chi connectivity index (χ2n) is 1.04. The molecule has 0 heterocycles. The van der Waals surface area contributed by atoms with Gasteiger partial charge in [-0.25, -0.2) is 0 Å².